The van der Waals surface area contributed by atoms with Crippen LogP contribution < -0.4 is 9.62 Å². The van der Waals surface area contributed by atoms with Crippen LogP contribution in [0.3, 0.4) is 0 Å². The van der Waals surface area contributed by atoms with Crippen LogP contribution in [0.5, 0.6) is 0 Å². The average molecular weight is 467 g/mol. The molecule has 0 radical (unpaired) electrons. The molecule has 0 saturated carbocycles. The minimum Gasteiger partial charge on any atom is -0.375 e. The van der Waals surface area contributed by atoms with Crippen molar-refractivity contribution in [1.29, 1.82) is 0 Å². The first-order valence-corrected chi connectivity index (χ1v) is 12.8. The molecule has 3 rings (SSSR count). The summed E-state index contributed by atoms with van der Waals surface area (Å²) < 4.78 is 32.1. The highest BCUT2D eigenvalue weighted by molar-refractivity contribution is 7.92. The van der Waals surface area contributed by atoms with Gasteiger partial charge in [0, 0.05) is 25.1 Å². The Bertz CT molecular complexity index is 1120. The highest BCUT2D eigenvalue weighted by Crippen LogP contribution is 2.32. The number of benzene rings is 3. The number of rotatable bonds is 12. The standard InChI is InChI=1S/C26H30N2O4S/c1-33(30,31)28(25-16-9-8-15-24(25)23-13-6-3-7-14-23)19-10-17-26(29)27-18-20-32-21-22-11-4-2-5-12-22/h2-9,11-16H,10,17-21H2,1H3,(H,27,29). The number of anilines is 1. The zero-order chi connectivity index (χ0) is 23.5. The van der Waals surface area contributed by atoms with Crippen molar-refractivity contribution in [2.75, 3.05) is 30.3 Å². The first-order chi connectivity index (χ1) is 15.9. The van der Waals surface area contributed by atoms with E-state index in [0.717, 1.165) is 16.7 Å². The maximum atomic E-state index is 12.6. The second-order valence-electron chi connectivity index (χ2n) is 7.71. The number of amides is 1. The SMILES string of the molecule is CS(=O)(=O)N(CCCC(=O)NCCOCc1ccccc1)c1ccccc1-c1ccccc1. The molecule has 0 aromatic heterocycles. The van der Waals surface area contributed by atoms with E-state index < -0.39 is 10.0 Å². The fraction of sp³-hybridized carbons (Fsp3) is 0.269. The van der Waals surface area contributed by atoms with Crippen LogP contribution in [0.25, 0.3) is 11.1 Å². The predicted octanol–water partition coefficient (Wildman–Crippen LogP) is 4.23. The Morgan fingerprint density at radius 3 is 2.24 bits per heavy atom. The highest BCUT2D eigenvalue weighted by atomic mass is 32.2. The minimum atomic E-state index is -3.52. The molecule has 0 saturated heterocycles. The van der Waals surface area contributed by atoms with E-state index >= 15 is 0 Å². The zero-order valence-corrected chi connectivity index (χ0v) is 19.6. The molecule has 0 aliphatic heterocycles. The molecule has 1 N–H and O–H groups in total. The Hall–Kier alpha value is -3.16. The third-order valence-corrected chi connectivity index (χ3v) is 6.28. The van der Waals surface area contributed by atoms with Crippen molar-refractivity contribution >= 4 is 21.6 Å². The monoisotopic (exact) mass is 466 g/mol. The molecule has 174 valence electrons. The number of carbonyl (C=O) groups is 1. The molecule has 3 aromatic carbocycles. The average Bonchev–Trinajstić information content (AvgIpc) is 2.82. The molecule has 0 fully saturated rings. The number of ether oxygens (including phenoxy) is 1. The largest absolute Gasteiger partial charge is 0.375 e. The van der Waals surface area contributed by atoms with E-state index in [1.807, 2.05) is 78.9 Å². The smallest absolute Gasteiger partial charge is 0.232 e. The number of nitrogens with zero attached hydrogens (tertiary/aromatic N) is 1. The van der Waals surface area contributed by atoms with Crippen LogP contribution in [0.2, 0.25) is 0 Å². The summed E-state index contributed by atoms with van der Waals surface area (Å²) in [6.07, 6.45) is 1.84. The summed E-state index contributed by atoms with van der Waals surface area (Å²) in [5.41, 5.74) is 3.47. The fourth-order valence-corrected chi connectivity index (χ4v) is 4.49. The van der Waals surface area contributed by atoms with Crippen LogP contribution in [0.4, 0.5) is 5.69 Å². The second-order valence-corrected chi connectivity index (χ2v) is 9.62. The molecule has 0 spiro atoms. The summed E-state index contributed by atoms with van der Waals surface area (Å²) in [6.45, 7) is 1.56. The van der Waals surface area contributed by atoms with Crippen molar-refractivity contribution in [3.8, 4) is 11.1 Å². The molecular weight excluding hydrogens is 436 g/mol. The van der Waals surface area contributed by atoms with Crippen molar-refractivity contribution in [3.63, 3.8) is 0 Å². The summed E-state index contributed by atoms with van der Waals surface area (Å²) in [7, 11) is -3.52. The van der Waals surface area contributed by atoms with Gasteiger partial charge in [0.2, 0.25) is 15.9 Å². The first-order valence-electron chi connectivity index (χ1n) is 11.0. The maximum absolute atomic E-state index is 12.6. The van der Waals surface area contributed by atoms with Crippen LogP contribution in [0.15, 0.2) is 84.9 Å². The van der Waals surface area contributed by atoms with Gasteiger partial charge in [0.05, 0.1) is 25.2 Å². The molecule has 0 bridgehead atoms. The Morgan fingerprint density at radius 1 is 0.909 bits per heavy atom. The molecule has 33 heavy (non-hydrogen) atoms. The zero-order valence-electron chi connectivity index (χ0n) is 18.8. The van der Waals surface area contributed by atoms with Crippen LogP contribution in [-0.4, -0.2) is 40.3 Å². The molecular formula is C26H30N2O4S. The Morgan fingerprint density at radius 2 is 1.55 bits per heavy atom. The van der Waals surface area contributed by atoms with E-state index in [1.165, 1.54) is 10.6 Å². The van der Waals surface area contributed by atoms with Crippen molar-refractivity contribution in [2.45, 2.75) is 19.4 Å². The van der Waals surface area contributed by atoms with Gasteiger partial charge < -0.3 is 10.1 Å². The minimum absolute atomic E-state index is 0.122. The van der Waals surface area contributed by atoms with Gasteiger partial charge in [-0.15, -0.1) is 0 Å². The summed E-state index contributed by atoms with van der Waals surface area (Å²) in [5.74, 6) is -0.122. The van der Waals surface area contributed by atoms with E-state index in [4.69, 9.17) is 4.74 Å². The number of sulfonamides is 1. The van der Waals surface area contributed by atoms with Gasteiger partial charge in [0.1, 0.15) is 0 Å². The third kappa shape index (κ3) is 7.73. The molecule has 0 atom stereocenters. The van der Waals surface area contributed by atoms with Gasteiger partial charge in [0.15, 0.2) is 0 Å². The van der Waals surface area contributed by atoms with Gasteiger partial charge in [-0.05, 0) is 23.6 Å². The van der Waals surface area contributed by atoms with Crippen molar-refractivity contribution < 1.29 is 17.9 Å². The van der Waals surface area contributed by atoms with Crippen molar-refractivity contribution in [3.05, 3.63) is 90.5 Å². The lowest BCUT2D eigenvalue weighted by molar-refractivity contribution is -0.121. The Kier molecular flexibility index (Phi) is 9.04. The quantitative estimate of drug-likeness (QED) is 0.405. The maximum Gasteiger partial charge on any atom is 0.232 e. The molecule has 0 unspecified atom stereocenters. The number of hydrogen-bond donors (Lipinski definition) is 1. The van der Waals surface area contributed by atoms with Gasteiger partial charge >= 0.3 is 0 Å². The number of hydrogen-bond acceptors (Lipinski definition) is 4. The number of carbonyl (C=O) groups excluding carboxylic acids is 1. The first kappa shape index (κ1) is 24.5. The van der Waals surface area contributed by atoms with Gasteiger partial charge in [-0.25, -0.2) is 8.42 Å². The lowest BCUT2D eigenvalue weighted by Crippen LogP contribution is -2.33. The van der Waals surface area contributed by atoms with Crippen molar-refractivity contribution in [2.24, 2.45) is 0 Å². The van der Waals surface area contributed by atoms with Crippen LogP contribution in [0.1, 0.15) is 18.4 Å². The highest BCUT2D eigenvalue weighted by Gasteiger charge is 2.20. The number of para-hydroxylation sites is 1. The summed E-state index contributed by atoms with van der Waals surface area (Å²) in [6, 6.07) is 26.9. The van der Waals surface area contributed by atoms with Crippen LogP contribution in [0, 0.1) is 0 Å². The lowest BCUT2D eigenvalue weighted by Gasteiger charge is -2.25. The topological polar surface area (TPSA) is 75.7 Å². The van der Waals surface area contributed by atoms with E-state index in [0.29, 0.717) is 31.9 Å². The van der Waals surface area contributed by atoms with E-state index in [9.17, 15) is 13.2 Å². The molecule has 1 amide bonds. The normalized spacial score (nSPS) is 11.2. The third-order valence-electron chi connectivity index (χ3n) is 5.10. The number of nitrogens with one attached hydrogen (secondary N) is 1. The molecule has 0 aliphatic rings. The molecule has 6 nitrogen and oxygen atoms in total. The summed E-state index contributed by atoms with van der Waals surface area (Å²) >= 11 is 0. The van der Waals surface area contributed by atoms with Gasteiger partial charge in [-0.2, -0.15) is 0 Å². The van der Waals surface area contributed by atoms with E-state index in [2.05, 4.69) is 5.32 Å². The Balaban J connectivity index is 1.51. The van der Waals surface area contributed by atoms with E-state index in [1.54, 1.807) is 6.07 Å². The van der Waals surface area contributed by atoms with E-state index in [-0.39, 0.29) is 18.9 Å². The molecule has 0 heterocycles. The molecule has 0 aliphatic carbocycles. The summed E-state index contributed by atoms with van der Waals surface area (Å²) in [5, 5.41) is 2.83. The van der Waals surface area contributed by atoms with Gasteiger partial charge in [0.25, 0.3) is 0 Å². The van der Waals surface area contributed by atoms with Crippen LogP contribution in [-0.2, 0) is 26.2 Å². The Labute approximate surface area is 196 Å². The van der Waals surface area contributed by atoms with Crippen molar-refractivity contribution in [1.82, 2.24) is 5.32 Å². The second kappa shape index (κ2) is 12.2. The fourth-order valence-electron chi connectivity index (χ4n) is 3.52. The van der Waals surface area contributed by atoms with Gasteiger partial charge in [-0.3, -0.25) is 9.10 Å². The lowest BCUT2D eigenvalue weighted by atomic mass is 10.0. The molecule has 3 aromatic rings. The van der Waals surface area contributed by atoms with Crippen LogP contribution >= 0.6 is 0 Å². The van der Waals surface area contributed by atoms with Gasteiger partial charge in [-0.1, -0.05) is 78.9 Å². The predicted molar refractivity (Wildman–Crippen MR) is 132 cm³/mol. The molecule has 7 heteroatoms. The summed E-state index contributed by atoms with van der Waals surface area (Å²) in [4.78, 5) is 12.2.